The van der Waals surface area contributed by atoms with Gasteiger partial charge in [0.15, 0.2) is 5.65 Å². The predicted molar refractivity (Wildman–Crippen MR) is 129 cm³/mol. The number of halogens is 1. The molecule has 3 aromatic heterocycles. The Hall–Kier alpha value is -2.79. The van der Waals surface area contributed by atoms with Gasteiger partial charge in [-0.3, -0.25) is 0 Å². The topological polar surface area (TPSA) is 103 Å². The first kappa shape index (κ1) is 20.1. The highest BCUT2D eigenvalue weighted by atomic mass is 127. The van der Waals surface area contributed by atoms with Crippen molar-refractivity contribution in [2.24, 2.45) is 0 Å². The average molecular weight is 528 g/mol. The third-order valence-corrected chi connectivity index (χ3v) is 6.51. The summed E-state index contributed by atoms with van der Waals surface area (Å²) in [5.74, 6) is 0.952. The normalized spacial score (nSPS) is 16.0. The second-order valence-corrected chi connectivity index (χ2v) is 8.82. The zero-order chi connectivity index (χ0) is 21.7. The highest BCUT2D eigenvalue weighted by Crippen LogP contribution is 2.35. The van der Waals surface area contributed by atoms with E-state index >= 15 is 0 Å². The number of likely N-dealkylation sites (N-methyl/N-ethyl adjacent to an activating group) is 1. The summed E-state index contributed by atoms with van der Waals surface area (Å²) in [5.41, 5.74) is 8.43. The van der Waals surface area contributed by atoms with Crippen LogP contribution in [-0.4, -0.2) is 44.8 Å². The lowest BCUT2D eigenvalue weighted by Crippen LogP contribution is -2.26. The van der Waals surface area contributed by atoms with Crippen LogP contribution in [0.4, 0.5) is 5.82 Å². The minimum absolute atomic E-state index is 0.355. The van der Waals surface area contributed by atoms with Crippen LogP contribution in [0.2, 0.25) is 0 Å². The van der Waals surface area contributed by atoms with Gasteiger partial charge in [-0.2, -0.15) is 5.10 Å². The number of aromatic nitrogens is 4. The van der Waals surface area contributed by atoms with E-state index in [4.69, 9.17) is 10.2 Å². The minimum Gasteiger partial charge on any atom is -0.424 e. The molecule has 0 saturated carbocycles. The summed E-state index contributed by atoms with van der Waals surface area (Å²) in [7, 11) is 2.10. The predicted octanol–water partition coefficient (Wildman–Crippen LogP) is 3.45. The molecule has 0 fully saturated rings. The van der Waals surface area contributed by atoms with Crippen LogP contribution in [0.25, 0.3) is 27.4 Å². The molecule has 4 aromatic rings. The summed E-state index contributed by atoms with van der Waals surface area (Å²) < 4.78 is 8.43. The zero-order valence-electron chi connectivity index (χ0n) is 17.2. The number of hydrogen-bond donors (Lipinski definition) is 1. The first-order valence-electron chi connectivity index (χ1n) is 10.0. The van der Waals surface area contributed by atoms with Crippen LogP contribution >= 0.6 is 22.6 Å². The van der Waals surface area contributed by atoms with E-state index in [1.807, 2.05) is 31.2 Å². The molecule has 1 unspecified atom stereocenters. The molecular weight excluding hydrogens is 507 g/mol. The van der Waals surface area contributed by atoms with Crippen molar-refractivity contribution in [3.8, 4) is 0 Å². The van der Waals surface area contributed by atoms with Crippen molar-refractivity contribution in [2.75, 3.05) is 25.9 Å². The molecule has 1 aliphatic heterocycles. The number of nitrogen functional groups attached to an aromatic ring is 1. The Kier molecular flexibility index (Phi) is 5.01. The van der Waals surface area contributed by atoms with Crippen LogP contribution in [0.5, 0.6) is 0 Å². The highest BCUT2D eigenvalue weighted by molar-refractivity contribution is 14.1. The van der Waals surface area contributed by atoms with Gasteiger partial charge in [0.25, 0.3) is 0 Å². The van der Waals surface area contributed by atoms with E-state index in [2.05, 4.69) is 55.7 Å². The van der Waals surface area contributed by atoms with E-state index in [1.165, 1.54) is 6.33 Å². The van der Waals surface area contributed by atoms with Crippen LogP contribution < -0.4 is 11.4 Å². The van der Waals surface area contributed by atoms with Gasteiger partial charge in [-0.05, 0) is 60.0 Å². The average Bonchev–Trinajstić information content (AvgIpc) is 3.11. The Morgan fingerprint density at radius 1 is 1.23 bits per heavy atom. The van der Waals surface area contributed by atoms with Gasteiger partial charge >= 0.3 is 5.63 Å². The number of fused-ring (bicyclic) bond motifs is 2. The van der Waals surface area contributed by atoms with Gasteiger partial charge in [-0.15, -0.1) is 0 Å². The van der Waals surface area contributed by atoms with Crippen molar-refractivity contribution >= 4 is 55.8 Å². The molecule has 1 atom stereocenters. The number of nitrogens with zero attached hydrogens (tertiary/aromatic N) is 5. The van der Waals surface area contributed by atoms with Crippen LogP contribution in [-0.2, 0) is 0 Å². The molecule has 1 aliphatic rings. The Morgan fingerprint density at radius 3 is 2.77 bits per heavy atom. The maximum atomic E-state index is 12.9. The summed E-state index contributed by atoms with van der Waals surface area (Å²) in [6.07, 6.45) is 4.61. The van der Waals surface area contributed by atoms with Gasteiger partial charge in [-0.25, -0.2) is 19.4 Å². The van der Waals surface area contributed by atoms with Crippen LogP contribution in [0.15, 0.2) is 45.9 Å². The van der Waals surface area contributed by atoms with Gasteiger partial charge in [0.1, 0.15) is 27.6 Å². The van der Waals surface area contributed by atoms with E-state index in [0.29, 0.717) is 31.7 Å². The molecule has 0 aliphatic carbocycles. The van der Waals surface area contributed by atoms with Gasteiger partial charge in [0.2, 0.25) is 0 Å². The lowest BCUT2D eigenvalue weighted by Gasteiger charge is -2.26. The molecule has 0 spiro atoms. The quantitative estimate of drug-likeness (QED) is 0.407. The molecule has 0 amide bonds. The van der Waals surface area contributed by atoms with E-state index < -0.39 is 0 Å². The molecule has 0 saturated heterocycles. The molecule has 1 aromatic carbocycles. The number of benzene rings is 1. The SMILES string of the molecule is CC(c1oc(=O)c2ccccc2c1C1=CCCN(C)C1)n1nc(I)c2c(N)ncnc21. The largest absolute Gasteiger partial charge is 0.424 e. The number of rotatable bonds is 3. The summed E-state index contributed by atoms with van der Waals surface area (Å²) >= 11 is 2.13. The second-order valence-electron chi connectivity index (χ2n) is 7.80. The fourth-order valence-corrected chi connectivity index (χ4v) is 5.00. The van der Waals surface area contributed by atoms with Gasteiger partial charge < -0.3 is 15.1 Å². The molecule has 5 rings (SSSR count). The zero-order valence-corrected chi connectivity index (χ0v) is 19.3. The number of anilines is 1. The molecular formula is C22H21IN6O2. The molecule has 8 nitrogen and oxygen atoms in total. The maximum Gasteiger partial charge on any atom is 0.343 e. The molecule has 158 valence electrons. The highest BCUT2D eigenvalue weighted by Gasteiger charge is 2.27. The molecule has 2 N–H and O–H groups in total. The van der Waals surface area contributed by atoms with Crippen molar-refractivity contribution in [1.29, 1.82) is 0 Å². The first-order chi connectivity index (χ1) is 15.0. The summed E-state index contributed by atoms with van der Waals surface area (Å²) in [4.78, 5) is 23.7. The van der Waals surface area contributed by atoms with Crippen LogP contribution in [0, 0.1) is 3.70 Å². The van der Waals surface area contributed by atoms with E-state index in [-0.39, 0.29) is 11.7 Å². The Labute approximate surface area is 191 Å². The Morgan fingerprint density at radius 2 is 2.00 bits per heavy atom. The van der Waals surface area contributed by atoms with E-state index in [9.17, 15) is 4.79 Å². The standard InChI is InChI=1S/C22H21IN6O2/c1-12(29-21-17(19(23)27-29)20(24)25-11-26-21)18-16(13-6-5-9-28(2)10-13)14-7-3-4-8-15(14)22(30)31-18/h3-4,6-8,11-12H,5,9-10H2,1-2H3,(H2,24,25,26). The van der Waals surface area contributed by atoms with Crippen molar-refractivity contribution < 1.29 is 4.42 Å². The monoisotopic (exact) mass is 528 g/mol. The minimum atomic E-state index is -0.374. The van der Waals surface area contributed by atoms with Gasteiger partial charge in [0.05, 0.1) is 10.8 Å². The fourth-order valence-electron chi connectivity index (χ4n) is 4.25. The van der Waals surface area contributed by atoms with Crippen molar-refractivity contribution in [2.45, 2.75) is 19.4 Å². The van der Waals surface area contributed by atoms with Gasteiger partial charge in [0, 0.05) is 18.7 Å². The smallest absolute Gasteiger partial charge is 0.343 e. The Bertz CT molecular complexity index is 1410. The summed E-state index contributed by atoms with van der Waals surface area (Å²) in [5, 5.41) is 6.84. The molecule has 31 heavy (non-hydrogen) atoms. The molecule has 9 heteroatoms. The fraction of sp³-hybridized carbons (Fsp3) is 0.273. The second kappa shape index (κ2) is 7.72. The molecule has 4 heterocycles. The van der Waals surface area contributed by atoms with Crippen molar-refractivity contribution in [1.82, 2.24) is 24.6 Å². The van der Waals surface area contributed by atoms with E-state index in [1.54, 1.807) is 4.68 Å². The van der Waals surface area contributed by atoms with Crippen LogP contribution in [0.3, 0.4) is 0 Å². The van der Waals surface area contributed by atoms with E-state index in [0.717, 1.165) is 36.0 Å². The van der Waals surface area contributed by atoms with Gasteiger partial charge in [-0.1, -0.05) is 24.3 Å². The van der Waals surface area contributed by atoms with Crippen molar-refractivity contribution in [3.05, 3.63) is 62.1 Å². The van der Waals surface area contributed by atoms with Crippen molar-refractivity contribution in [3.63, 3.8) is 0 Å². The number of nitrogens with two attached hydrogens (primary N) is 1. The molecule has 0 bridgehead atoms. The maximum absolute atomic E-state index is 12.9. The third kappa shape index (κ3) is 3.32. The first-order valence-corrected chi connectivity index (χ1v) is 11.1. The summed E-state index contributed by atoms with van der Waals surface area (Å²) in [6, 6.07) is 7.23. The molecule has 0 radical (unpaired) electrons. The summed E-state index contributed by atoms with van der Waals surface area (Å²) in [6.45, 7) is 3.75. The Balaban J connectivity index is 1.79. The third-order valence-electron chi connectivity index (χ3n) is 5.75. The lowest BCUT2D eigenvalue weighted by molar-refractivity contribution is 0.369. The van der Waals surface area contributed by atoms with Crippen LogP contribution in [0.1, 0.15) is 30.7 Å². The lowest BCUT2D eigenvalue weighted by atomic mass is 9.93. The number of hydrogen-bond acceptors (Lipinski definition) is 7.